The summed E-state index contributed by atoms with van der Waals surface area (Å²) in [5.74, 6) is -0.594. The molecule has 0 aliphatic carbocycles. The van der Waals surface area contributed by atoms with Gasteiger partial charge in [-0.1, -0.05) is 29.3 Å². The molecule has 3 nitrogen and oxygen atoms in total. The Hall–Kier alpha value is -2.20. The number of amides is 1. The number of benzene rings is 2. The molecule has 0 radical (unpaired) electrons. The molecule has 0 aliphatic heterocycles. The van der Waals surface area contributed by atoms with Crippen molar-refractivity contribution in [3.8, 4) is 0 Å². The molecule has 0 aromatic heterocycles. The number of aliphatic hydroxyl groups is 1. The lowest BCUT2D eigenvalue weighted by Crippen LogP contribution is -2.37. The van der Waals surface area contributed by atoms with E-state index in [9.17, 15) is 14.3 Å². The average Bonchev–Trinajstić information content (AvgIpc) is 2.46. The van der Waals surface area contributed by atoms with E-state index < -0.39 is 12.1 Å². The zero-order valence-corrected chi connectivity index (χ0v) is 12.9. The van der Waals surface area contributed by atoms with Gasteiger partial charge in [0.05, 0.1) is 12.1 Å². The Morgan fingerprint density at radius 1 is 1.09 bits per heavy atom. The van der Waals surface area contributed by atoms with Crippen LogP contribution in [-0.4, -0.2) is 17.1 Å². The van der Waals surface area contributed by atoms with Gasteiger partial charge in [-0.3, -0.25) is 4.79 Å². The normalized spacial score (nSPS) is 13.5. The summed E-state index contributed by atoms with van der Waals surface area (Å²) in [6.07, 6.45) is -0.893. The minimum Gasteiger partial charge on any atom is -0.386 e. The third-order valence-corrected chi connectivity index (χ3v) is 3.53. The topological polar surface area (TPSA) is 49.3 Å². The molecule has 2 atom stereocenters. The van der Waals surface area contributed by atoms with Crippen molar-refractivity contribution in [3.63, 3.8) is 0 Å². The second-order valence-electron chi connectivity index (χ2n) is 5.63. The number of hydrogen-bond acceptors (Lipinski definition) is 2. The van der Waals surface area contributed by atoms with Gasteiger partial charge >= 0.3 is 0 Å². The number of aliphatic hydroxyl groups excluding tert-OH is 1. The molecule has 2 unspecified atom stereocenters. The number of rotatable bonds is 4. The smallest absolute Gasteiger partial charge is 0.251 e. The summed E-state index contributed by atoms with van der Waals surface area (Å²) in [5.41, 5.74) is 3.15. The first-order valence-corrected chi connectivity index (χ1v) is 7.19. The van der Waals surface area contributed by atoms with Crippen molar-refractivity contribution in [1.82, 2.24) is 5.32 Å². The fourth-order valence-electron chi connectivity index (χ4n) is 2.42. The van der Waals surface area contributed by atoms with E-state index in [4.69, 9.17) is 0 Å². The summed E-state index contributed by atoms with van der Waals surface area (Å²) in [6, 6.07) is 10.7. The van der Waals surface area contributed by atoms with E-state index in [1.807, 2.05) is 19.9 Å². The second kappa shape index (κ2) is 6.71. The van der Waals surface area contributed by atoms with Gasteiger partial charge in [0.2, 0.25) is 0 Å². The molecule has 2 aromatic rings. The van der Waals surface area contributed by atoms with Gasteiger partial charge < -0.3 is 10.4 Å². The first-order valence-electron chi connectivity index (χ1n) is 7.19. The summed E-state index contributed by atoms with van der Waals surface area (Å²) >= 11 is 0. The second-order valence-corrected chi connectivity index (χ2v) is 5.63. The van der Waals surface area contributed by atoms with Crippen molar-refractivity contribution in [2.24, 2.45) is 0 Å². The van der Waals surface area contributed by atoms with Gasteiger partial charge in [-0.05, 0) is 50.6 Å². The first-order chi connectivity index (χ1) is 10.4. The van der Waals surface area contributed by atoms with Gasteiger partial charge in [0.15, 0.2) is 0 Å². The van der Waals surface area contributed by atoms with Crippen molar-refractivity contribution in [2.45, 2.75) is 32.9 Å². The molecule has 4 heteroatoms. The predicted molar refractivity (Wildman–Crippen MR) is 84.2 cm³/mol. The molecule has 0 fully saturated rings. The van der Waals surface area contributed by atoms with Crippen LogP contribution in [0.5, 0.6) is 0 Å². The lowest BCUT2D eigenvalue weighted by atomic mass is 10.0. The van der Waals surface area contributed by atoms with Crippen LogP contribution in [0.1, 0.15) is 40.1 Å². The Kier molecular flexibility index (Phi) is 4.93. The minimum atomic E-state index is -0.893. The van der Waals surface area contributed by atoms with Crippen LogP contribution < -0.4 is 5.32 Å². The highest BCUT2D eigenvalue weighted by Gasteiger charge is 2.19. The Morgan fingerprint density at radius 2 is 1.64 bits per heavy atom. The number of carbonyl (C=O) groups is 1. The van der Waals surface area contributed by atoms with Crippen LogP contribution in [0.15, 0.2) is 42.5 Å². The average molecular weight is 301 g/mol. The maximum Gasteiger partial charge on any atom is 0.251 e. The number of hydrogen-bond donors (Lipinski definition) is 2. The van der Waals surface area contributed by atoms with E-state index >= 15 is 0 Å². The van der Waals surface area contributed by atoms with E-state index in [0.717, 1.165) is 11.1 Å². The Morgan fingerprint density at radius 3 is 2.18 bits per heavy atom. The Labute approximate surface area is 129 Å². The summed E-state index contributed by atoms with van der Waals surface area (Å²) in [5, 5.41) is 13.0. The molecular formula is C18H20FNO2. The molecule has 0 bridgehead atoms. The molecule has 0 saturated heterocycles. The monoisotopic (exact) mass is 301 g/mol. The fraction of sp³-hybridized carbons (Fsp3) is 0.278. The number of aryl methyl sites for hydroxylation is 2. The molecule has 0 aliphatic rings. The van der Waals surface area contributed by atoms with E-state index in [0.29, 0.717) is 11.1 Å². The van der Waals surface area contributed by atoms with E-state index in [2.05, 4.69) is 5.32 Å². The molecule has 2 rings (SSSR count). The van der Waals surface area contributed by atoms with Gasteiger partial charge in [-0.15, -0.1) is 0 Å². The zero-order chi connectivity index (χ0) is 16.3. The largest absolute Gasteiger partial charge is 0.386 e. The Balaban J connectivity index is 2.08. The van der Waals surface area contributed by atoms with Crippen LogP contribution in [0.3, 0.4) is 0 Å². The SMILES string of the molecule is Cc1cc(C)cc(C(=O)NC(C)C(O)c2ccc(F)cc2)c1. The third kappa shape index (κ3) is 3.92. The zero-order valence-electron chi connectivity index (χ0n) is 12.9. The molecule has 0 spiro atoms. The fourth-order valence-corrected chi connectivity index (χ4v) is 2.42. The van der Waals surface area contributed by atoms with Crippen LogP contribution in [-0.2, 0) is 0 Å². The van der Waals surface area contributed by atoms with Crippen molar-refractivity contribution in [1.29, 1.82) is 0 Å². The highest BCUT2D eigenvalue weighted by Crippen LogP contribution is 2.18. The van der Waals surface area contributed by atoms with Gasteiger partial charge in [0, 0.05) is 5.56 Å². The molecular weight excluding hydrogens is 281 g/mol. The van der Waals surface area contributed by atoms with Crippen LogP contribution >= 0.6 is 0 Å². The molecule has 2 N–H and O–H groups in total. The summed E-state index contributed by atoms with van der Waals surface area (Å²) in [7, 11) is 0. The van der Waals surface area contributed by atoms with Gasteiger partial charge in [0.25, 0.3) is 5.91 Å². The highest BCUT2D eigenvalue weighted by molar-refractivity contribution is 5.94. The first kappa shape index (κ1) is 16.2. The highest BCUT2D eigenvalue weighted by atomic mass is 19.1. The summed E-state index contributed by atoms with van der Waals surface area (Å²) in [4.78, 5) is 12.3. The standard InChI is InChI=1S/C18H20FNO2/c1-11-8-12(2)10-15(9-11)18(22)20-13(3)17(21)14-4-6-16(19)7-5-14/h4-10,13,17,21H,1-3H3,(H,20,22). The molecule has 22 heavy (non-hydrogen) atoms. The predicted octanol–water partition coefficient (Wildman–Crippen LogP) is 3.29. The van der Waals surface area contributed by atoms with Gasteiger partial charge in [-0.2, -0.15) is 0 Å². The number of nitrogens with one attached hydrogen (secondary N) is 1. The minimum absolute atomic E-state index is 0.236. The number of halogens is 1. The lowest BCUT2D eigenvalue weighted by Gasteiger charge is -2.21. The Bertz CT molecular complexity index is 647. The lowest BCUT2D eigenvalue weighted by molar-refractivity contribution is 0.0852. The number of carbonyl (C=O) groups excluding carboxylic acids is 1. The van der Waals surface area contributed by atoms with Gasteiger partial charge in [-0.25, -0.2) is 4.39 Å². The summed E-state index contributed by atoms with van der Waals surface area (Å²) < 4.78 is 12.9. The quantitative estimate of drug-likeness (QED) is 0.910. The van der Waals surface area contributed by atoms with E-state index in [1.165, 1.54) is 24.3 Å². The van der Waals surface area contributed by atoms with Crippen molar-refractivity contribution in [3.05, 3.63) is 70.5 Å². The third-order valence-electron chi connectivity index (χ3n) is 3.53. The molecule has 116 valence electrons. The van der Waals surface area contributed by atoms with E-state index in [-0.39, 0.29) is 11.7 Å². The maximum atomic E-state index is 12.9. The van der Waals surface area contributed by atoms with Crippen LogP contribution in [0.4, 0.5) is 4.39 Å². The summed E-state index contributed by atoms with van der Waals surface area (Å²) in [6.45, 7) is 5.58. The van der Waals surface area contributed by atoms with Crippen molar-refractivity contribution < 1.29 is 14.3 Å². The molecule has 2 aromatic carbocycles. The van der Waals surface area contributed by atoms with Crippen LogP contribution in [0, 0.1) is 19.7 Å². The molecule has 1 amide bonds. The van der Waals surface area contributed by atoms with Crippen molar-refractivity contribution in [2.75, 3.05) is 0 Å². The molecule has 0 saturated carbocycles. The molecule has 0 heterocycles. The maximum absolute atomic E-state index is 12.9. The van der Waals surface area contributed by atoms with Crippen molar-refractivity contribution >= 4 is 5.91 Å². The van der Waals surface area contributed by atoms with E-state index in [1.54, 1.807) is 19.1 Å². The van der Waals surface area contributed by atoms with Crippen LogP contribution in [0.2, 0.25) is 0 Å². The van der Waals surface area contributed by atoms with Crippen LogP contribution in [0.25, 0.3) is 0 Å². The van der Waals surface area contributed by atoms with Gasteiger partial charge in [0.1, 0.15) is 5.82 Å².